The number of carbonyl (C=O) groups is 1. The first-order chi connectivity index (χ1) is 14.4. The molecule has 2 aromatic rings. The van der Waals surface area contributed by atoms with Crippen molar-refractivity contribution in [3.05, 3.63) is 64.9 Å². The van der Waals surface area contributed by atoms with Gasteiger partial charge in [0.15, 0.2) is 0 Å². The fraction of sp³-hybridized carbons (Fsp3) is 0.409. The summed E-state index contributed by atoms with van der Waals surface area (Å²) < 4.78 is 40.9. The summed E-state index contributed by atoms with van der Waals surface area (Å²) in [5.41, 5.74) is 0.915. The number of hydrogen-bond acceptors (Lipinski definition) is 3. The van der Waals surface area contributed by atoms with Crippen molar-refractivity contribution in [2.75, 3.05) is 19.6 Å². The van der Waals surface area contributed by atoms with Gasteiger partial charge in [0.2, 0.25) is 15.9 Å². The van der Waals surface area contributed by atoms with Crippen LogP contribution in [0.3, 0.4) is 0 Å². The van der Waals surface area contributed by atoms with Crippen molar-refractivity contribution in [2.24, 2.45) is 5.92 Å². The van der Waals surface area contributed by atoms with Crippen molar-refractivity contribution < 1.29 is 17.6 Å². The molecule has 2 heterocycles. The minimum absolute atomic E-state index is 0.0270. The summed E-state index contributed by atoms with van der Waals surface area (Å²) >= 11 is 6.12. The van der Waals surface area contributed by atoms with Crippen molar-refractivity contribution in [2.45, 2.75) is 36.6 Å². The number of piperidine rings is 1. The van der Waals surface area contributed by atoms with Gasteiger partial charge in [0.25, 0.3) is 0 Å². The normalized spacial score (nSPS) is 22.9. The van der Waals surface area contributed by atoms with Crippen molar-refractivity contribution in [1.29, 1.82) is 0 Å². The zero-order valence-corrected chi connectivity index (χ0v) is 18.1. The number of amides is 1. The first-order valence-corrected chi connectivity index (χ1v) is 12.0. The number of hydrogen-bond donors (Lipinski definition) is 0. The Hall–Kier alpha value is -1.96. The molecule has 2 saturated heterocycles. The molecule has 1 amide bonds. The Kier molecular flexibility index (Phi) is 6.14. The van der Waals surface area contributed by atoms with E-state index in [0.717, 1.165) is 18.4 Å². The van der Waals surface area contributed by atoms with Gasteiger partial charge >= 0.3 is 0 Å². The van der Waals surface area contributed by atoms with Gasteiger partial charge in [0.1, 0.15) is 10.7 Å². The predicted molar refractivity (Wildman–Crippen MR) is 113 cm³/mol. The summed E-state index contributed by atoms with van der Waals surface area (Å²) in [5.74, 6) is -0.722. The van der Waals surface area contributed by atoms with E-state index in [1.165, 1.54) is 22.5 Å². The van der Waals surface area contributed by atoms with Crippen LogP contribution in [0.5, 0.6) is 0 Å². The number of sulfonamides is 1. The molecular weight excluding hydrogens is 427 g/mol. The fourth-order valence-electron chi connectivity index (χ4n) is 4.45. The molecule has 2 aromatic carbocycles. The Morgan fingerprint density at radius 1 is 1.00 bits per heavy atom. The molecule has 30 heavy (non-hydrogen) atoms. The Bertz CT molecular complexity index is 1030. The monoisotopic (exact) mass is 450 g/mol. The molecule has 0 bridgehead atoms. The highest BCUT2D eigenvalue weighted by molar-refractivity contribution is 7.89. The quantitative estimate of drug-likeness (QED) is 0.699. The van der Waals surface area contributed by atoms with Gasteiger partial charge < -0.3 is 4.90 Å². The second-order valence-corrected chi connectivity index (χ2v) is 10.2. The molecule has 2 aliphatic rings. The molecule has 2 atom stereocenters. The molecule has 0 radical (unpaired) electrons. The number of nitrogens with zero attached hydrogens (tertiary/aromatic N) is 2. The molecule has 0 spiro atoms. The molecule has 160 valence electrons. The third kappa shape index (κ3) is 4.11. The van der Waals surface area contributed by atoms with E-state index in [2.05, 4.69) is 0 Å². The van der Waals surface area contributed by atoms with Crippen LogP contribution in [0.4, 0.5) is 4.39 Å². The lowest BCUT2D eigenvalue weighted by atomic mass is 9.96. The highest BCUT2D eigenvalue weighted by atomic mass is 35.5. The highest BCUT2D eigenvalue weighted by Crippen LogP contribution is 2.35. The molecule has 0 aliphatic carbocycles. The van der Waals surface area contributed by atoms with E-state index in [0.29, 0.717) is 25.9 Å². The molecule has 0 N–H and O–H groups in total. The smallest absolute Gasteiger partial charge is 0.244 e. The summed E-state index contributed by atoms with van der Waals surface area (Å²) in [6.07, 6.45) is 2.98. The summed E-state index contributed by atoms with van der Waals surface area (Å²) in [4.78, 5) is 15.2. The number of carbonyl (C=O) groups excluding carboxylic acids is 1. The van der Waals surface area contributed by atoms with Crippen molar-refractivity contribution in [3.63, 3.8) is 0 Å². The van der Waals surface area contributed by atoms with Crippen LogP contribution in [0.15, 0.2) is 53.4 Å². The van der Waals surface area contributed by atoms with Gasteiger partial charge in [-0.05, 0) is 55.5 Å². The van der Waals surface area contributed by atoms with Gasteiger partial charge in [-0.1, -0.05) is 35.9 Å². The van der Waals surface area contributed by atoms with Gasteiger partial charge in [-0.3, -0.25) is 4.79 Å². The minimum Gasteiger partial charge on any atom is -0.335 e. The minimum atomic E-state index is -3.76. The average molecular weight is 451 g/mol. The molecule has 0 aromatic heterocycles. The van der Waals surface area contributed by atoms with Crippen LogP contribution in [0.1, 0.15) is 37.3 Å². The Morgan fingerprint density at radius 3 is 2.43 bits per heavy atom. The topological polar surface area (TPSA) is 57.7 Å². The van der Waals surface area contributed by atoms with E-state index in [1.54, 1.807) is 30.3 Å². The lowest BCUT2D eigenvalue weighted by Gasteiger charge is -2.35. The van der Waals surface area contributed by atoms with E-state index >= 15 is 0 Å². The maximum absolute atomic E-state index is 13.3. The SMILES string of the molecule is O=C(C1CCCN(S(=O)(=O)c2ccccc2Cl)C1)N1CCCC1c1ccc(F)cc1. The predicted octanol–water partition coefficient (Wildman–Crippen LogP) is 4.24. The van der Waals surface area contributed by atoms with Gasteiger partial charge in [-0.15, -0.1) is 0 Å². The van der Waals surface area contributed by atoms with Crippen molar-refractivity contribution >= 4 is 27.5 Å². The molecule has 5 nitrogen and oxygen atoms in total. The van der Waals surface area contributed by atoms with Crippen LogP contribution in [-0.2, 0) is 14.8 Å². The van der Waals surface area contributed by atoms with Crippen LogP contribution in [0.2, 0.25) is 5.02 Å². The zero-order valence-electron chi connectivity index (χ0n) is 16.5. The van der Waals surface area contributed by atoms with E-state index in [4.69, 9.17) is 11.6 Å². The van der Waals surface area contributed by atoms with Crippen LogP contribution in [0, 0.1) is 11.7 Å². The first-order valence-electron chi connectivity index (χ1n) is 10.2. The molecule has 0 saturated carbocycles. The third-order valence-electron chi connectivity index (χ3n) is 5.98. The Balaban J connectivity index is 1.52. The largest absolute Gasteiger partial charge is 0.335 e. The van der Waals surface area contributed by atoms with E-state index in [9.17, 15) is 17.6 Å². The van der Waals surface area contributed by atoms with Gasteiger partial charge in [0, 0.05) is 19.6 Å². The second kappa shape index (κ2) is 8.65. The van der Waals surface area contributed by atoms with Gasteiger partial charge in [-0.2, -0.15) is 4.31 Å². The van der Waals surface area contributed by atoms with Gasteiger partial charge in [-0.25, -0.2) is 12.8 Å². The molecule has 2 fully saturated rings. The highest BCUT2D eigenvalue weighted by Gasteiger charge is 2.39. The maximum atomic E-state index is 13.3. The maximum Gasteiger partial charge on any atom is 0.244 e. The summed E-state index contributed by atoms with van der Waals surface area (Å²) in [6, 6.07) is 12.6. The number of likely N-dealkylation sites (tertiary alicyclic amines) is 1. The molecule has 8 heteroatoms. The van der Waals surface area contributed by atoms with E-state index in [-0.39, 0.29) is 34.2 Å². The van der Waals surface area contributed by atoms with E-state index in [1.807, 2.05) is 4.90 Å². The van der Waals surface area contributed by atoms with Crippen LogP contribution >= 0.6 is 11.6 Å². The average Bonchev–Trinajstić information content (AvgIpc) is 3.24. The number of halogens is 2. The molecule has 2 aliphatic heterocycles. The van der Waals surface area contributed by atoms with Crippen molar-refractivity contribution in [1.82, 2.24) is 9.21 Å². The van der Waals surface area contributed by atoms with Crippen molar-refractivity contribution in [3.8, 4) is 0 Å². The second-order valence-electron chi connectivity index (χ2n) is 7.87. The summed E-state index contributed by atoms with van der Waals surface area (Å²) in [5, 5.41) is 0.182. The zero-order chi connectivity index (χ0) is 21.3. The summed E-state index contributed by atoms with van der Waals surface area (Å²) in [6.45, 7) is 1.16. The molecule has 4 rings (SSSR count). The van der Waals surface area contributed by atoms with Gasteiger partial charge in [0.05, 0.1) is 17.0 Å². The van der Waals surface area contributed by atoms with Crippen LogP contribution in [0.25, 0.3) is 0 Å². The number of benzene rings is 2. The molecular formula is C22H24ClFN2O3S. The molecule has 2 unspecified atom stereocenters. The first kappa shape index (κ1) is 21.3. The Morgan fingerprint density at radius 2 is 1.70 bits per heavy atom. The van der Waals surface area contributed by atoms with Crippen LogP contribution in [-0.4, -0.2) is 43.2 Å². The van der Waals surface area contributed by atoms with Crippen LogP contribution < -0.4 is 0 Å². The lowest BCUT2D eigenvalue weighted by molar-refractivity contribution is -0.137. The number of rotatable bonds is 4. The van der Waals surface area contributed by atoms with E-state index < -0.39 is 15.9 Å². The fourth-order valence-corrected chi connectivity index (χ4v) is 6.47. The lowest BCUT2D eigenvalue weighted by Crippen LogP contribution is -2.46. The Labute approximate surface area is 181 Å². The third-order valence-corrected chi connectivity index (χ3v) is 8.34. The standard InChI is InChI=1S/C22H24ClFN2O3S/c23-19-6-1-2-8-21(19)30(28,29)25-13-3-5-17(15-25)22(27)26-14-4-7-20(26)16-9-11-18(24)12-10-16/h1-2,6,8-12,17,20H,3-5,7,13-15H2. The summed E-state index contributed by atoms with van der Waals surface area (Å²) in [7, 11) is -3.76.